The Bertz CT molecular complexity index is 261. The third-order valence-electron chi connectivity index (χ3n) is 4.31. The molecule has 20 heavy (non-hydrogen) atoms. The van der Waals surface area contributed by atoms with E-state index >= 15 is 0 Å². The molecule has 2 atom stereocenters. The van der Waals surface area contributed by atoms with Crippen LogP contribution >= 0.6 is 0 Å². The summed E-state index contributed by atoms with van der Waals surface area (Å²) in [5, 5.41) is 3.74. The molecule has 1 fully saturated rings. The summed E-state index contributed by atoms with van der Waals surface area (Å²) in [6.45, 7) is 14.6. The number of methoxy groups -OCH3 is 1. The molecule has 4 nitrogen and oxygen atoms in total. The summed E-state index contributed by atoms with van der Waals surface area (Å²) in [4.78, 5) is 2.62. The minimum atomic E-state index is 0.250. The van der Waals surface area contributed by atoms with Gasteiger partial charge in [-0.3, -0.25) is 4.90 Å². The van der Waals surface area contributed by atoms with Crippen LogP contribution in [0.15, 0.2) is 0 Å². The number of nitrogens with one attached hydrogen (secondary N) is 1. The second-order valence-corrected chi connectivity index (χ2v) is 6.65. The number of rotatable bonds is 9. The Labute approximate surface area is 125 Å². The van der Waals surface area contributed by atoms with E-state index in [-0.39, 0.29) is 5.54 Å². The fraction of sp³-hybridized carbons (Fsp3) is 1.00. The SMILES string of the molecule is CCC1(C)CN(CCOCCOC)C(CC(C)C)CN1. The minimum Gasteiger partial charge on any atom is -0.382 e. The standard InChI is InChI=1S/C16H34N2O2/c1-6-16(4)13-18(7-8-20-10-9-19-5)15(12-17-16)11-14(2)3/h14-15,17H,6-13H2,1-5H3. The molecular weight excluding hydrogens is 252 g/mol. The van der Waals surface area contributed by atoms with Crippen LogP contribution in [-0.4, -0.2) is 63.0 Å². The van der Waals surface area contributed by atoms with Crippen LogP contribution in [0.2, 0.25) is 0 Å². The van der Waals surface area contributed by atoms with Crippen LogP contribution in [0.1, 0.15) is 40.5 Å². The summed E-state index contributed by atoms with van der Waals surface area (Å²) >= 11 is 0. The first kappa shape index (κ1) is 17.9. The van der Waals surface area contributed by atoms with Gasteiger partial charge < -0.3 is 14.8 Å². The van der Waals surface area contributed by atoms with Crippen molar-refractivity contribution in [1.29, 1.82) is 0 Å². The van der Waals surface area contributed by atoms with Gasteiger partial charge in [0.15, 0.2) is 0 Å². The van der Waals surface area contributed by atoms with Crippen LogP contribution in [0.4, 0.5) is 0 Å². The maximum atomic E-state index is 5.64. The van der Waals surface area contributed by atoms with Crippen molar-refractivity contribution in [3.63, 3.8) is 0 Å². The summed E-state index contributed by atoms with van der Waals surface area (Å²) in [5.74, 6) is 0.740. The molecule has 0 bridgehead atoms. The van der Waals surface area contributed by atoms with E-state index in [1.54, 1.807) is 7.11 Å². The first-order valence-electron chi connectivity index (χ1n) is 8.06. The van der Waals surface area contributed by atoms with E-state index in [1.807, 2.05) is 0 Å². The molecular formula is C16H34N2O2. The third kappa shape index (κ3) is 6.08. The first-order valence-corrected chi connectivity index (χ1v) is 8.06. The average Bonchev–Trinajstić information content (AvgIpc) is 2.41. The highest BCUT2D eigenvalue weighted by Gasteiger charge is 2.34. The molecule has 1 heterocycles. The first-order chi connectivity index (χ1) is 9.50. The van der Waals surface area contributed by atoms with Crippen molar-refractivity contribution >= 4 is 0 Å². The molecule has 2 unspecified atom stereocenters. The van der Waals surface area contributed by atoms with Crippen molar-refractivity contribution < 1.29 is 9.47 Å². The lowest BCUT2D eigenvalue weighted by molar-refractivity contribution is 0.0224. The molecule has 0 aromatic heterocycles. The van der Waals surface area contributed by atoms with Gasteiger partial charge in [0, 0.05) is 38.3 Å². The van der Waals surface area contributed by atoms with Gasteiger partial charge in [0.1, 0.15) is 0 Å². The lowest BCUT2D eigenvalue weighted by Crippen LogP contribution is -2.63. The molecule has 0 aromatic rings. The van der Waals surface area contributed by atoms with Crippen LogP contribution in [-0.2, 0) is 9.47 Å². The summed E-state index contributed by atoms with van der Waals surface area (Å²) in [6, 6.07) is 0.639. The molecule has 1 aliphatic rings. The Kier molecular flexibility index (Phi) is 8.03. The van der Waals surface area contributed by atoms with E-state index < -0.39 is 0 Å². The molecule has 0 saturated carbocycles. The molecule has 1 aliphatic heterocycles. The maximum absolute atomic E-state index is 5.64. The zero-order valence-electron chi connectivity index (χ0n) is 14.1. The molecule has 120 valence electrons. The number of nitrogens with zero attached hydrogens (tertiary/aromatic N) is 1. The predicted molar refractivity (Wildman–Crippen MR) is 84.2 cm³/mol. The van der Waals surface area contributed by atoms with Crippen LogP contribution in [0, 0.1) is 5.92 Å². The van der Waals surface area contributed by atoms with Gasteiger partial charge in [0.25, 0.3) is 0 Å². The molecule has 0 aliphatic carbocycles. The van der Waals surface area contributed by atoms with E-state index in [9.17, 15) is 0 Å². The molecule has 0 radical (unpaired) electrons. The van der Waals surface area contributed by atoms with Gasteiger partial charge in [-0.1, -0.05) is 20.8 Å². The van der Waals surface area contributed by atoms with Crippen molar-refractivity contribution in [2.45, 2.75) is 52.1 Å². The normalized spacial score (nSPS) is 28.2. The Hall–Kier alpha value is -0.160. The van der Waals surface area contributed by atoms with Crippen LogP contribution < -0.4 is 5.32 Å². The predicted octanol–water partition coefficient (Wildman–Crippen LogP) is 2.14. The summed E-state index contributed by atoms with van der Waals surface area (Å²) < 4.78 is 10.7. The Morgan fingerprint density at radius 2 is 2.05 bits per heavy atom. The third-order valence-corrected chi connectivity index (χ3v) is 4.31. The van der Waals surface area contributed by atoms with Crippen molar-refractivity contribution in [1.82, 2.24) is 10.2 Å². The Morgan fingerprint density at radius 3 is 2.65 bits per heavy atom. The smallest absolute Gasteiger partial charge is 0.0700 e. The molecule has 4 heteroatoms. The highest BCUT2D eigenvalue weighted by molar-refractivity contribution is 4.94. The van der Waals surface area contributed by atoms with E-state index in [4.69, 9.17) is 9.47 Å². The summed E-state index contributed by atoms with van der Waals surface area (Å²) in [6.07, 6.45) is 2.42. The number of hydrogen-bond donors (Lipinski definition) is 1. The van der Waals surface area contributed by atoms with Gasteiger partial charge in [-0.15, -0.1) is 0 Å². The topological polar surface area (TPSA) is 33.7 Å². The van der Waals surface area contributed by atoms with Crippen molar-refractivity contribution in [2.24, 2.45) is 5.92 Å². The fourth-order valence-corrected chi connectivity index (χ4v) is 2.83. The average molecular weight is 286 g/mol. The zero-order valence-corrected chi connectivity index (χ0v) is 14.1. The lowest BCUT2D eigenvalue weighted by Gasteiger charge is -2.46. The van der Waals surface area contributed by atoms with Gasteiger partial charge in [-0.25, -0.2) is 0 Å². The van der Waals surface area contributed by atoms with E-state index in [2.05, 4.69) is 37.9 Å². The molecule has 0 amide bonds. The molecule has 1 saturated heterocycles. The van der Waals surface area contributed by atoms with Gasteiger partial charge in [0.2, 0.25) is 0 Å². The quantitative estimate of drug-likeness (QED) is 0.659. The van der Waals surface area contributed by atoms with E-state index in [0.29, 0.717) is 19.3 Å². The van der Waals surface area contributed by atoms with Crippen LogP contribution in [0.3, 0.4) is 0 Å². The van der Waals surface area contributed by atoms with Crippen LogP contribution in [0.25, 0.3) is 0 Å². The molecule has 0 aromatic carbocycles. The zero-order chi connectivity index (χ0) is 15.0. The van der Waals surface area contributed by atoms with Gasteiger partial charge in [-0.2, -0.15) is 0 Å². The number of ether oxygens (including phenoxy) is 2. The summed E-state index contributed by atoms with van der Waals surface area (Å²) in [7, 11) is 1.71. The monoisotopic (exact) mass is 286 g/mol. The van der Waals surface area contributed by atoms with Crippen molar-refractivity contribution in [2.75, 3.05) is 46.6 Å². The highest BCUT2D eigenvalue weighted by Crippen LogP contribution is 2.22. The summed E-state index contributed by atoms with van der Waals surface area (Å²) in [5.41, 5.74) is 0.250. The molecule has 0 spiro atoms. The van der Waals surface area contributed by atoms with Gasteiger partial charge >= 0.3 is 0 Å². The van der Waals surface area contributed by atoms with E-state index in [0.717, 1.165) is 32.2 Å². The van der Waals surface area contributed by atoms with E-state index in [1.165, 1.54) is 12.8 Å². The minimum absolute atomic E-state index is 0.250. The number of piperazine rings is 1. The van der Waals surface area contributed by atoms with Crippen LogP contribution in [0.5, 0.6) is 0 Å². The van der Waals surface area contributed by atoms with Crippen molar-refractivity contribution in [3.05, 3.63) is 0 Å². The molecule has 1 rings (SSSR count). The lowest BCUT2D eigenvalue weighted by atomic mass is 9.91. The van der Waals surface area contributed by atoms with Gasteiger partial charge in [-0.05, 0) is 25.7 Å². The second-order valence-electron chi connectivity index (χ2n) is 6.65. The Balaban J connectivity index is 2.44. The van der Waals surface area contributed by atoms with Gasteiger partial charge in [0.05, 0.1) is 19.8 Å². The van der Waals surface area contributed by atoms with Crippen molar-refractivity contribution in [3.8, 4) is 0 Å². The maximum Gasteiger partial charge on any atom is 0.0700 e. The Morgan fingerprint density at radius 1 is 1.30 bits per heavy atom. The highest BCUT2D eigenvalue weighted by atomic mass is 16.5. The number of hydrogen-bond acceptors (Lipinski definition) is 4. The fourth-order valence-electron chi connectivity index (χ4n) is 2.83. The second kappa shape index (κ2) is 8.98. The largest absolute Gasteiger partial charge is 0.382 e. The molecule has 1 N–H and O–H groups in total.